The fourth-order valence-electron chi connectivity index (χ4n) is 10.9. The number of hydrogen-bond acceptors (Lipinski definition) is 13. The highest BCUT2D eigenvalue weighted by Crippen LogP contribution is 2.44. The Hall–Kier alpha value is -8.84. The molecule has 1 amide bonds. The van der Waals surface area contributed by atoms with Crippen LogP contribution in [0, 0.1) is 5.92 Å². The molecule has 10 aromatic rings. The monoisotopic (exact) mass is 1070 g/mol. The molecular formula is C61H58N14O3S. The SMILES string of the molecule is CC(C)C(=O)Nc1cccc(-c2ccc3nc(-c4cccnc4N)n(-c4ccc(C5(N)CC(Nc6ncccc6-c6nc7ccc(-c8cccc(NS(=O)(=O)C9CC9)c8)nc7n6-c6ccc(C7(N)CCC7)cc6)C5)cc4)c3n2)c1. The van der Waals surface area contributed by atoms with Gasteiger partial charge in [0, 0.05) is 69.3 Å². The van der Waals surface area contributed by atoms with E-state index < -0.39 is 15.6 Å². The molecule has 0 radical (unpaired) electrons. The Morgan fingerprint density at radius 1 is 0.633 bits per heavy atom. The molecule has 17 nitrogen and oxygen atoms in total. The molecule has 3 aliphatic carbocycles. The summed E-state index contributed by atoms with van der Waals surface area (Å²) in [6.45, 7) is 3.72. The Morgan fingerprint density at radius 3 is 1.73 bits per heavy atom. The van der Waals surface area contributed by atoms with Crippen LogP contribution in [0.25, 0.3) is 79.0 Å². The number of fused-ring (bicyclic) bond motifs is 2. The van der Waals surface area contributed by atoms with Gasteiger partial charge >= 0.3 is 0 Å². The molecule has 0 aliphatic heterocycles. The number of nitrogens with one attached hydrogen (secondary N) is 3. The van der Waals surface area contributed by atoms with Crippen molar-refractivity contribution in [2.45, 2.75) is 81.2 Å². The summed E-state index contributed by atoms with van der Waals surface area (Å²) in [5.74, 6) is 2.03. The van der Waals surface area contributed by atoms with Crippen molar-refractivity contribution in [3.8, 4) is 56.7 Å². The second kappa shape index (κ2) is 19.3. The summed E-state index contributed by atoms with van der Waals surface area (Å²) in [6.07, 6.45) is 9.03. The number of aromatic nitrogens is 8. The molecule has 79 heavy (non-hydrogen) atoms. The molecule has 396 valence electrons. The summed E-state index contributed by atoms with van der Waals surface area (Å²) in [5, 5.41) is 6.39. The average molecular weight is 1070 g/mol. The topological polar surface area (TPSA) is 253 Å². The average Bonchev–Trinajstić information content (AvgIpc) is 4.16. The van der Waals surface area contributed by atoms with Gasteiger partial charge in [0.1, 0.15) is 22.7 Å². The van der Waals surface area contributed by atoms with Crippen molar-refractivity contribution in [1.29, 1.82) is 0 Å². The van der Waals surface area contributed by atoms with Gasteiger partial charge in [0.25, 0.3) is 0 Å². The van der Waals surface area contributed by atoms with Crippen molar-refractivity contribution >= 4 is 61.3 Å². The number of imidazole rings is 2. The molecule has 4 aromatic carbocycles. The number of rotatable bonds is 15. The van der Waals surface area contributed by atoms with E-state index in [9.17, 15) is 13.2 Å². The minimum absolute atomic E-state index is 0.00873. The van der Waals surface area contributed by atoms with Crippen LogP contribution in [0.5, 0.6) is 0 Å². The molecule has 0 saturated heterocycles. The highest BCUT2D eigenvalue weighted by atomic mass is 32.2. The number of carbonyl (C=O) groups excluding carboxylic acids is 1. The van der Waals surface area contributed by atoms with Gasteiger partial charge in [-0.2, -0.15) is 0 Å². The van der Waals surface area contributed by atoms with Crippen LogP contribution in [0.4, 0.5) is 23.0 Å². The van der Waals surface area contributed by atoms with E-state index in [1.165, 1.54) is 0 Å². The van der Waals surface area contributed by atoms with Crippen LogP contribution in [0.3, 0.4) is 0 Å². The highest BCUT2D eigenvalue weighted by molar-refractivity contribution is 7.93. The highest BCUT2D eigenvalue weighted by Gasteiger charge is 2.43. The van der Waals surface area contributed by atoms with E-state index in [2.05, 4.69) is 61.3 Å². The number of amides is 1. The van der Waals surface area contributed by atoms with Crippen LogP contribution in [-0.2, 0) is 25.9 Å². The predicted octanol–water partition coefficient (Wildman–Crippen LogP) is 10.5. The first-order chi connectivity index (χ1) is 38.2. The second-order valence-electron chi connectivity index (χ2n) is 21.6. The lowest BCUT2D eigenvalue weighted by molar-refractivity contribution is -0.118. The van der Waals surface area contributed by atoms with Crippen LogP contribution in [0.15, 0.2) is 158 Å². The van der Waals surface area contributed by atoms with E-state index >= 15 is 0 Å². The minimum atomic E-state index is -3.46. The normalized spacial score (nSPS) is 17.8. The van der Waals surface area contributed by atoms with E-state index in [1.807, 2.05) is 122 Å². The minimum Gasteiger partial charge on any atom is -0.383 e. The van der Waals surface area contributed by atoms with Crippen molar-refractivity contribution in [3.63, 3.8) is 0 Å². The van der Waals surface area contributed by atoms with Crippen LogP contribution in [-0.4, -0.2) is 64.7 Å². The van der Waals surface area contributed by atoms with E-state index in [1.54, 1.807) is 18.5 Å². The quantitative estimate of drug-likeness (QED) is 0.0559. The first-order valence-corrected chi connectivity index (χ1v) is 28.3. The summed E-state index contributed by atoms with van der Waals surface area (Å²) in [6, 6.07) is 47.0. The second-order valence-corrected chi connectivity index (χ2v) is 23.6. The zero-order chi connectivity index (χ0) is 54.2. The fraction of sp³-hybridized carbons (Fsp3) is 0.230. The summed E-state index contributed by atoms with van der Waals surface area (Å²) in [5.41, 5.74) is 31.6. The number of pyridine rings is 4. The zero-order valence-corrected chi connectivity index (χ0v) is 44.5. The molecule has 6 aromatic heterocycles. The zero-order valence-electron chi connectivity index (χ0n) is 43.6. The maximum absolute atomic E-state index is 12.9. The number of anilines is 4. The lowest BCUT2D eigenvalue weighted by Gasteiger charge is -2.46. The molecular weight excluding hydrogens is 1010 g/mol. The first kappa shape index (κ1) is 49.7. The third-order valence-corrected chi connectivity index (χ3v) is 17.5. The first-order valence-electron chi connectivity index (χ1n) is 26.7. The van der Waals surface area contributed by atoms with Gasteiger partial charge in [0.2, 0.25) is 15.9 Å². The van der Waals surface area contributed by atoms with Crippen molar-refractivity contribution in [1.82, 2.24) is 39.0 Å². The molecule has 13 rings (SSSR count). The van der Waals surface area contributed by atoms with Crippen LogP contribution < -0.4 is 32.6 Å². The van der Waals surface area contributed by atoms with Crippen molar-refractivity contribution in [3.05, 3.63) is 169 Å². The summed E-state index contributed by atoms with van der Waals surface area (Å²) >= 11 is 0. The number of benzene rings is 4. The maximum atomic E-state index is 12.9. The van der Waals surface area contributed by atoms with Crippen LogP contribution in [0.2, 0.25) is 0 Å². The molecule has 18 heteroatoms. The molecule has 0 spiro atoms. The molecule has 0 atom stereocenters. The molecule has 6 heterocycles. The summed E-state index contributed by atoms with van der Waals surface area (Å²) in [7, 11) is -3.46. The number of nitrogens with zero attached hydrogens (tertiary/aromatic N) is 8. The number of nitrogens with two attached hydrogens (primary N) is 3. The Labute approximate surface area is 456 Å². The Balaban J connectivity index is 0.797. The van der Waals surface area contributed by atoms with Crippen LogP contribution >= 0.6 is 0 Å². The third-order valence-electron chi connectivity index (χ3n) is 15.7. The van der Waals surface area contributed by atoms with Gasteiger partial charge in [-0.15, -0.1) is 0 Å². The molecule has 3 aliphatic rings. The lowest BCUT2D eigenvalue weighted by Crippen LogP contribution is -2.54. The molecule has 0 unspecified atom stereocenters. The van der Waals surface area contributed by atoms with E-state index in [-0.39, 0.29) is 28.7 Å². The molecule has 3 fully saturated rings. The standard InChI is InChI=1S/C61H58N14O3S/c1-36(2)59(76)68-41-10-3-8-37(32-41)49-24-26-51-57(69-49)74(55(71-51)47-12-5-30-65-53(47)62)44-20-16-40(17-21-44)61(64)34-43(35-61)67-54-48(13-6-31-66-54)56-72-52-27-25-50(38-9-4-11-42(33-38)73-79(77,78)46-22-23-46)70-58(52)75(56)45-18-14-39(15-19-45)60(63)28-7-29-60/h3-6,8-21,24-27,30-33,36,43,46,73H,7,22-23,28-29,34-35,63-64H2,1-2H3,(H2,62,65)(H,66,67)(H,68,76). The largest absolute Gasteiger partial charge is 0.383 e. The maximum Gasteiger partial charge on any atom is 0.235 e. The van der Waals surface area contributed by atoms with E-state index in [0.29, 0.717) is 99.6 Å². The number of hydrogen-bond donors (Lipinski definition) is 6. The van der Waals surface area contributed by atoms with Gasteiger partial charge in [-0.3, -0.25) is 18.7 Å². The molecule has 3 saturated carbocycles. The van der Waals surface area contributed by atoms with Crippen LogP contribution in [0.1, 0.15) is 69.9 Å². The number of nitrogen functional groups attached to an aromatic ring is 1. The molecule has 9 N–H and O–H groups in total. The van der Waals surface area contributed by atoms with Gasteiger partial charge in [0.15, 0.2) is 22.9 Å². The van der Waals surface area contributed by atoms with E-state index in [0.717, 1.165) is 58.5 Å². The number of sulfonamides is 1. The van der Waals surface area contributed by atoms with E-state index in [4.69, 9.17) is 42.1 Å². The van der Waals surface area contributed by atoms with Gasteiger partial charge < -0.3 is 27.8 Å². The van der Waals surface area contributed by atoms with Crippen molar-refractivity contribution < 1.29 is 13.2 Å². The lowest BCUT2D eigenvalue weighted by atomic mass is 9.69. The van der Waals surface area contributed by atoms with Gasteiger partial charge in [0.05, 0.1) is 27.8 Å². The van der Waals surface area contributed by atoms with Gasteiger partial charge in [-0.05, 0) is 153 Å². The summed E-state index contributed by atoms with van der Waals surface area (Å²) < 4.78 is 32.6. The molecule has 0 bridgehead atoms. The Morgan fingerprint density at radius 2 is 1.18 bits per heavy atom. The summed E-state index contributed by atoms with van der Waals surface area (Å²) in [4.78, 5) is 42.5. The fourth-order valence-corrected chi connectivity index (χ4v) is 12.3. The number of carbonyl (C=O) groups is 1. The van der Waals surface area contributed by atoms with Gasteiger partial charge in [-0.1, -0.05) is 62.4 Å². The van der Waals surface area contributed by atoms with Crippen molar-refractivity contribution in [2.75, 3.05) is 21.1 Å². The van der Waals surface area contributed by atoms with Gasteiger partial charge in [-0.25, -0.2) is 38.3 Å². The smallest absolute Gasteiger partial charge is 0.235 e. The Kier molecular flexibility index (Phi) is 12.1. The van der Waals surface area contributed by atoms with Crippen molar-refractivity contribution in [2.24, 2.45) is 17.4 Å². The Bertz CT molecular complexity index is 4120. The third kappa shape index (κ3) is 9.30. The predicted molar refractivity (Wildman–Crippen MR) is 311 cm³/mol.